The van der Waals surface area contributed by atoms with E-state index in [9.17, 15) is 9.59 Å². The summed E-state index contributed by atoms with van der Waals surface area (Å²) in [6.07, 6.45) is -0.166. The number of nitriles is 1. The molecule has 0 aliphatic rings. The molecule has 0 saturated carbocycles. The molecule has 0 aliphatic heterocycles. The minimum atomic E-state index is -1.03. The molecule has 0 aromatic heterocycles. The van der Waals surface area contributed by atoms with Crippen LogP contribution >= 0.6 is 0 Å². The van der Waals surface area contributed by atoms with Gasteiger partial charge in [-0.2, -0.15) is 5.26 Å². The Labute approximate surface area is 121 Å². The van der Waals surface area contributed by atoms with E-state index in [0.29, 0.717) is 23.2 Å². The molecular formula is C16H11NO4. The zero-order valence-electron chi connectivity index (χ0n) is 10.9. The van der Waals surface area contributed by atoms with Crippen LogP contribution in [0.1, 0.15) is 27.6 Å². The SMILES string of the molecule is N#Cc1ccc(C(C=O)Oc2ccc(C(=O)O)cc2)cc1. The van der Waals surface area contributed by atoms with Gasteiger partial charge in [0.1, 0.15) is 5.75 Å². The number of aldehydes is 1. The summed E-state index contributed by atoms with van der Waals surface area (Å²) in [5.74, 6) is -0.637. The number of carbonyl (C=O) groups excluding carboxylic acids is 1. The number of nitrogens with zero attached hydrogens (tertiary/aromatic N) is 1. The maximum atomic E-state index is 11.2. The third kappa shape index (κ3) is 3.45. The van der Waals surface area contributed by atoms with Gasteiger partial charge in [0, 0.05) is 0 Å². The summed E-state index contributed by atoms with van der Waals surface area (Å²) in [6, 6.07) is 14.3. The Balaban J connectivity index is 2.16. The van der Waals surface area contributed by atoms with Gasteiger partial charge in [-0.3, -0.25) is 4.79 Å². The minimum Gasteiger partial charge on any atom is -0.478 e. The number of ether oxygens (including phenoxy) is 1. The molecule has 0 saturated heterocycles. The molecule has 0 heterocycles. The fraction of sp³-hybridized carbons (Fsp3) is 0.0625. The second kappa shape index (κ2) is 6.35. The van der Waals surface area contributed by atoms with Crippen molar-refractivity contribution < 1.29 is 19.4 Å². The maximum Gasteiger partial charge on any atom is 0.335 e. The highest BCUT2D eigenvalue weighted by molar-refractivity contribution is 5.87. The van der Waals surface area contributed by atoms with E-state index < -0.39 is 12.1 Å². The Hall–Kier alpha value is -3.13. The quantitative estimate of drug-likeness (QED) is 0.851. The molecule has 21 heavy (non-hydrogen) atoms. The second-order valence-electron chi connectivity index (χ2n) is 4.24. The summed E-state index contributed by atoms with van der Waals surface area (Å²) in [5.41, 5.74) is 1.25. The van der Waals surface area contributed by atoms with E-state index in [1.54, 1.807) is 24.3 Å². The van der Waals surface area contributed by atoms with Crippen molar-refractivity contribution in [2.45, 2.75) is 6.10 Å². The number of carbonyl (C=O) groups is 2. The first-order valence-electron chi connectivity index (χ1n) is 6.09. The lowest BCUT2D eigenvalue weighted by Crippen LogP contribution is -2.09. The van der Waals surface area contributed by atoms with E-state index in [-0.39, 0.29) is 5.56 Å². The number of carboxylic acids is 1. The third-order valence-corrected chi connectivity index (χ3v) is 2.86. The van der Waals surface area contributed by atoms with Crippen LogP contribution in [0.4, 0.5) is 0 Å². The maximum absolute atomic E-state index is 11.2. The van der Waals surface area contributed by atoms with Crippen LogP contribution in [-0.4, -0.2) is 17.4 Å². The van der Waals surface area contributed by atoms with Gasteiger partial charge in [0.2, 0.25) is 0 Å². The molecule has 0 aliphatic carbocycles. The first-order valence-corrected chi connectivity index (χ1v) is 6.09. The van der Waals surface area contributed by atoms with Crippen molar-refractivity contribution in [1.82, 2.24) is 0 Å². The van der Waals surface area contributed by atoms with Crippen LogP contribution in [0.3, 0.4) is 0 Å². The van der Waals surface area contributed by atoms with Crippen molar-refractivity contribution in [1.29, 1.82) is 5.26 Å². The molecule has 0 radical (unpaired) electrons. The van der Waals surface area contributed by atoms with Gasteiger partial charge < -0.3 is 9.84 Å². The topological polar surface area (TPSA) is 87.4 Å². The lowest BCUT2D eigenvalue weighted by Gasteiger charge is -2.14. The highest BCUT2D eigenvalue weighted by atomic mass is 16.5. The normalized spacial score (nSPS) is 11.2. The Kier molecular flexibility index (Phi) is 4.32. The van der Waals surface area contributed by atoms with Crippen LogP contribution in [0.5, 0.6) is 5.75 Å². The number of aromatic carboxylic acids is 1. The zero-order valence-corrected chi connectivity index (χ0v) is 10.9. The molecule has 0 spiro atoms. The zero-order chi connectivity index (χ0) is 15.2. The largest absolute Gasteiger partial charge is 0.478 e. The van der Waals surface area contributed by atoms with Crippen LogP contribution in [0, 0.1) is 11.3 Å². The number of hydrogen-bond donors (Lipinski definition) is 1. The van der Waals surface area contributed by atoms with Gasteiger partial charge in [-0.05, 0) is 42.0 Å². The average Bonchev–Trinajstić information content (AvgIpc) is 2.53. The van der Waals surface area contributed by atoms with Crippen molar-refractivity contribution in [2.75, 3.05) is 0 Å². The second-order valence-corrected chi connectivity index (χ2v) is 4.24. The predicted octanol–water partition coefficient (Wildman–Crippen LogP) is 2.58. The predicted molar refractivity (Wildman–Crippen MR) is 74.0 cm³/mol. The highest BCUT2D eigenvalue weighted by Gasteiger charge is 2.12. The van der Waals surface area contributed by atoms with Crippen LogP contribution in [0.15, 0.2) is 48.5 Å². The summed E-state index contributed by atoms with van der Waals surface area (Å²) in [5, 5.41) is 17.5. The third-order valence-electron chi connectivity index (χ3n) is 2.86. The van der Waals surface area contributed by atoms with E-state index in [4.69, 9.17) is 15.1 Å². The first kappa shape index (κ1) is 14.3. The molecule has 104 valence electrons. The van der Waals surface area contributed by atoms with E-state index in [1.807, 2.05) is 6.07 Å². The molecule has 2 aromatic carbocycles. The Morgan fingerprint density at radius 3 is 2.24 bits per heavy atom. The lowest BCUT2D eigenvalue weighted by atomic mass is 10.1. The summed E-state index contributed by atoms with van der Waals surface area (Å²) in [7, 11) is 0. The van der Waals surface area contributed by atoms with E-state index in [2.05, 4.69) is 0 Å². The van der Waals surface area contributed by atoms with Crippen LogP contribution < -0.4 is 4.74 Å². The molecule has 1 unspecified atom stereocenters. The molecule has 0 bridgehead atoms. The van der Waals surface area contributed by atoms with E-state index >= 15 is 0 Å². The van der Waals surface area contributed by atoms with Crippen LogP contribution in [-0.2, 0) is 4.79 Å². The van der Waals surface area contributed by atoms with E-state index in [1.165, 1.54) is 24.3 Å². The lowest BCUT2D eigenvalue weighted by molar-refractivity contribution is -0.113. The molecule has 1 N–H and O–H groups in total. The first-order chi connectivity index (χ1) is 10.1. The Bertz CT molecular complexity index is 684. The number of hydrogen-bond acceptors (Lipinski definition) is 4. The van der Waals surface area contributed by atoms with Crippen molar-refractivity contribution in [3.05, 3.63) is 65.2 Å². The number of carboxylic acid groups (broad SMARTS) is 1. The summed E-state index contributed by atoms with van der Waals surface area (Å²) in [6.45, 7) is 0. The Morgan fingerprint density at radius 2 is 1.76 bits per heavy atom. The summed E-state index contributed by atoms with van der Waals surface area (Å²) >= 11 is 0. The minimum absolute atomic E-state index is 0.142. The van der Waals surface area contributed by atoms with E-state index in [0.717, 1.165) is 0 Å². The van der Waals surface area contributed by atoms with Gasteiger partial charge in [0.05, 0.1) is 17.2 Å². The van der Waals surface area contributed by atoms with Gasteiger partial charge in [-0.1, -0.05) is 12.1 Å². The number of benzene rings is 2. The molecular weight excluding hydrogens is 270 g/mol. The van der Waals surface area contributed by atoms with Crippen LogP contribution in [0.2, 0.25) is 0 Å². The van der Waals surface area contributed by atoms with Gasteiger partial charge in [0.25, 0.3) is 0 Å². The van der Waals surface area contributed by atoms with Gasteiger partial charge in [-0.25, -0.2) is 4.79 Å². The monoisotopic (exact) mass is 281 g/mol. The molecule has 5 heteroatoms. The number of rotatable bonds is 5. The molecule has 1 atom stereocenters. The van der Waals surface area contributed by atoms with Crippen LogP contribution in [0.25, 0.3) is 0 Å². The standard InChI is InChI=1S/C16H11NO4/c17-9-11-1-3-12(4-2-11)15(10-18)21-14-7-5-13(6-8-14)16(19)20/h1-8,10,15H,(H,19,20). The van der Waals surface area contributed by atoms with Crippen molar-refractivity contribution >= 4 is 12.3 Å². The molecule has 0 amide bonds. The smallest absolute Gasteiger partial charge is 0.335 e. The van der Waals surface area contributed by atoms with Crippen molar-refractivity contribution in [3.63, 3.8) is 0 Å². The Morgan fingerprint density at radius 1 is 1.14 bits per heavy atom. The van der Waals surface area contributed by atoms with Gasteiger partial charge in [-0.15, -0.1) is 0 Å². The summed E-state index contributed by atoms with van der Waals surface area (Å²) in [4.78, 5) is 21.9. The molecule has 2 rings (SSSR count). The van der Waals surface area contributed by atoms with Gasteiger partial charge in [0.15, 0.2) is 12.4 Å². The summed E-state index contributed by atoms with van der Waals surface area (Å²) < 4.78 is 5.51. The molecule has 2 aromatic rings. The van der Waals surface area contributed by atoms with Crippen molar-refractivity contribution in [2.24, 2.45) is 0 Å². The fourth-order valence-corrected chi connectivity index (χ4v) is 1.74. The molecule has 0 fully saturated rings. The van der Waals surface area contributed by atoms with Crippen molar-refractivity contribution in [3.8, 4) is 11.8 Å². The highest BCUT2D eigenvalue weighted by Crippen LogP contribution is 2.21. The fourth-order valence-electron chi connectivity index (χ4n) is 1.74. The average molecular weight is 281 g/mol. The van der Waals surface area contributed by atoms with Gasteiger partial charge >= 0.3 is 5.97 Å². The molecule has 5 nitrogen and oxygen atoms in total.